The maximum atomic E-state index is 4.51. The largest absolute Gasteiger partial charge is 0.304 e. The SMILES string of the molecule is CCc1cnc(C(C)NCc2ccnc3ccccc23)s1. The number of hydrogen-bond donors (Lipinski definition) is 1. The number of hydrogen-bond acceptors (Lipinski definition) is 4. The standard InChI is InChI=1S/C17H19N3S/c1-3-14-11-20-17(21-14)12(2)19-10-13-8-9-18-16-7-5-4-6-15(13)16/h4-9,11-12,19H,3,10H2,1-2H3. The molecule has 0 amide bonds. The smallest absolute Gasteiger partial charge is 0.109 e. The van der Waals surface area contributed by atoms with E-state index in [1.807, 2.05) is 18.5 Å². The van der Waals surface area contributed by atoms with Crippen LogP contribution in [0.15, 0.2) is 42.7 Å². The molecule has 3 aromatic rings. The zero-order valence-corrected chi connectivity index (χ0v) is 13.2. The van der Waals surface area contributed by atoms with Gasteiger partial charge in [-0.1, -0.05) is 25.1 Å². The number of thiazole rings is 1. The van der Waals surface area contributed by atoms with E-state index in [1.165, 1.54) is 15.8 Å². The molecule has 0 aliphatic rings. The predicted octanol–water partition coefficient (Wildman–Crippen LogP) is 4.10. The first-order chi connectivity index (χ1) is 10.3. The van der Waals surface area contributed by atoms with Crippen LogP contribution in [-0.2, 0) is 13.0 Å². The van der Waals surface area contributed by atoms with Crippen molar-refractivity contribution in [2.24, 2.45) is 0 Å². The van der Waals surface area contributed by atoms with Gasteiger partial charge in [0.05, 0.1) is 11.6 Å². The van der Waals surface area contributed by atoms with Crippen LogP contribution < -0.4 is 5.32 Å². The normalized spacial score (nSPS) is 12.7. The Kier molecular flexibility index (Phi) is 4.27. The maximum Gasteiger partial charge on any atom is 0.109 e. The lowest BCUT2D eigenvalue weighted by Gasteiger charge is -2.12. The molecule has 4 heteroatoms. The quantitative estimate of drug-likeness (QED) is 0.770. The molecule has 1 aromatic carbocycles. The summed E-state index contributed by atoms with van der Waals surface area (Å²) in [6, 6.07) is 10.6. The number of rotatable bonds is 5. The molecule has 21 heavy (non-hydrogen) atoms. The molecule has 2 heterocycles. The van der Waals surface area contributed by atoms with Gasteiger partial charge in [0.2, 0.25) is 0 Å². The molecule has 0 fully saturated rings. The van der Waals surface area contributed by atoms with E-state index < -0.39 is 0 Å². The van der Waals surface area contributed by atoms with Gasteiger partial charge in [0.25, 0.3) is 0 Å². The topological polar surface area (TPSA) is 37.8 Å². The van der Waals surface area contributed by atoms with E-state index >= 15 is 0 Å². The van der Waals surface area contributed by atoms with Gasteiger partial charge in [0, 0.05) is 29.2 Å². The van der Waals surface area contributed by atoms with Crippen molar-refractivity contribution >= 4 is 22.2 Å². The van der Waals surface area contributed by atoms with Crippen LogP contribution in [0.5, 0.6) is 0 Å². The van der Waals surface area contributed by atoms with Crippen molar-refractivity contribution in [2.75, 3.05) is 0 Å². The maximum absolute atomic E-state index is 4.51. The summed E-state index contributed by atoms with van der Waals surface area (Å²) in [6.07, 6.45) is 4.92. The molecule has 0 aliphatic heterocycles. The highest BCUT2D eigenvalue weighted by Gasteiger charge is 2.10. The first kappa shape index (κ1) is 14.2. The van der Waals surface area contributed by atoms with Gasteiger partial charge < -0.3 is 5.32 Å². The van der Waals surface area contributed by atoms with Crippen LogP contribution in [0, 0.1) is 0 Å². The fraction of sp³-hybridized carbons (Fsp3) is 0.294. The third-order valence-electron chi connectivity index (χ3n) is 3.63. The molecule has 0 spiro atoms. The van der Waals surface area contributed by atoms with Gasteiger partial charge >= 0.3 is 0 Å². The Morgan fingerprint density at radius 1 is 1.19 bits per heavy atom. The number of nitrogens with one attached hydrogen (secondary N) is 1. The minimum Gasteiger partial charge on any atom is -0.304 e. The lowest BCUT2D eigenvalue weighted by Crippen LogP contribution is -2.18. The van der Waals surface area contributed by atoms with E-state index in [-0.39, 0.29) is 6.04 Å². The summed E-state index contributed by atoms with van der Waals surface area (Å²) in [7, 11) is 0. The van der Waals surface area contributed by atoms with Crippen molar-refractivity contribution < 1.29 is 0 Å². The summed E-state index contributed by atoms with van der Waals surface area (Å²) in [5.41, 5.74) is 2.33. The van der Waals surface area contributed by atoms with Gasteiger partial charge in [0.1, 0.15) is 5.01 Å². The van der Waals surface area contributed by atoms with E-state index in [2.05, 4.69) is 53.4 Å². The summed E-state index contributed by atoms with van der Waals surface area (Å²) >= 11 is 1.79. The van der Waals surface area contributed by atoms with Crippen molar-refractivity contribution in [3.63, 3.8) is 0 Å². The Balaban J connectivity index is 1.74. The van der Waals surface area contributed by atoms with Crippen LogP contribution in [-0.4, -0.2) is 9.97 Å². The average molecular weight is 297 g/mol. The zero-order valence-electron chi connectivity index (χ0n) is 12.3. The highest BCUT2D eigenvalue weighted by molar-refractivity contribution is 7.11. The van der Waals surface area contributed by atoms with Crippen LogP contribution in [0.2, 0.25) is 0 Å². The molecule has 1 atom stereocenters. The van der Waals surface area contributed by atoms with Crippen LogP contribution in [0.3, 0.4) is 0 Å². The Hall–Kier alpha value is -1.78. The third kappa shape index (κ3) is 3.12. The molecule has 0 radical (unpaired) electrons. The summed E-state index contributed by atoms with van der Waals surface area (Å²) in [6.45, 7) is 5.16. The zero-order chi connectivity index (χ0) is 14.7. The molecule has 3 rings (SSSR count). The number of benzene rings is 1. The minimum atomic E-state index is 0.266. The number of aromatic nitrogens is 2. The van der Waals surface area contributed by atoms with E-state index in [9.17, 15) is 0 Å². The second kappa shape index (κ2) is 6.33. The fourth-order valence-corrected chi connectivity index (χ4v) is 3.23. The second-order valence-electron chi connectivity index (χ2n) is 5.11. The lowest BCUT2D eigenvalue weighted by molar-refractivity contribution is 0.573. The van der Waals surface area contributed by atoms with Crippen molar-refractivity contribution in [1.82, 2.24) is 15.3 Å². The van der Waals surface area contributed by atoms with E-state index in [0.29, 0.717) is 0 Å². The molecule has 2 aromatic heterocycles. The lowest BCUT2D eigenvalue weighted by atomic mass is 10.1. The Morgan fingerprint density at radius 2 is 2.05 bits per heavy atom. The molecule has 0 aliphatic carbocycles. The number of aryl methyl sites for hydroxylation is 1. The minimum absolute atomic E-state index is 0.266. The number of para-hydroxylation sites is 1. The van der Waals surface area contributed by atoms with Crippen molar-refractivity contribution in [3.8, 4) is 0 Å². The van der Waals surface area contributed by atoms with E-state index in [1.54, 1.807) is 11.3 Å². The van der Waals surface area contributed by atoms with Crippen LogP contribution in [0.4, 0.5) is 0 Å². The molecular weight excluding hydrogens is 278 g/mol. The van der Waals surface area contributed by atoms with Crippen LogP contribution in [0.25, 0.3) is 10.9 Å². The summed E-state index contributed by atoms with van der Waals surface area (Å²) in [5, 5.41) is 5.94. The van der Waals surface area contributed by atoms with Crippen molar-refractivity contribution in [3.05, 3.63) is 58.2 Å². The highest BCUT2D eigenvalue weighted by atomic mass is 32.1. The summed E-state index contributed by atoms with van der Waals surface area (Å²) in [4.78, 5) is 10.2. The highest BCUT2D eigenvalue weighted by Crippen LogP contribution is 2.22. The Labute approximate surface area is 129 Å². The monoisotopic (exact) mass is 297 g/mol. The molecule has 108 valence electrons. The summed E-state index contributed by atoms with van der Waals surface area (Å²) < 4.78 is 0. The van der Waals surface area contributed by atoms with Gasteiger partial charge in [-0.3, -0.25) is 4.98 Å². The molecule has 1 unspecified atom stereocenters. The molecule has 3 nitrogen and oxygen atoms in total. The van der Waals surface area contributed by atoms with Gasteiger partial charge in [-0.2, -0.15) is 0 Å². The number of fused-ring (bicyclic) bond motifs is 1. The molecule has 0 saturated heterocycles. The molecule has 0 bridgehead atoms. The molecule has 0 saturated carbocycles. The van der Waals surface area contributed by atoms with Gasteiger partial charge in [-0.15, -0.1) is 11.3 Å². The van der Waals surface area contributed by atoms with Crippen molar-refractivity contribution in [1.29, 1.82) is 0 Å². The Morgan fingerprint density at radius 3 is 2.86 bits per heavy atom. The van der Waals surface area contributed by atoms with E-state index in [0.717, 1.165) is 23.5 Å². The van der Waals surface area contributed by atoms with Crippen LogP contribution >= 0.6 is 11.3 Å². The Bertz CT molecular complexity index is 730. The predicted molar refractivity (Wildman–Crippen MR) is 88.5 cm³/mol. The first-order valence-corrected chi connectivity index (χ1v) is 8.10. The van der Waals surface area contributed by atoms with Gasteiger partial charge in [-0.05, 0) is 31.0 Å². The third-order valence-corrected chi connectivity index (χ3v) is 4.95. The van der Waals surface area contributed by atoms with Gasteiger partial charge in [0.15, 0.2) is 0 Å². The number of nitrogens with zero attached hydrogens (tertiary/aromatic N) is 2. The summed E-state index contributed by atoms with van der Waals surface area (Å²) in [5.74, 6) is 0. The van der Waals surface area contributed by atoms with Gasteiger partial charge in [-0.25, -0.2) is 4.98 Å². The van der Waals surface area contributed by atoms with E-state index in [4.69, 9.17) is 0 Å². The van der Waals surface area contributed by atoms with Crippen LogP contribution in [0.1, 0.15) is 35.3 Å². The number of pyridine rings is 1. The second-order valence-corrected chi connectivity index (χ2v) is 6.25. The fourth-order valence-electron chi connectivity index (χ4n) is 2.35. The molecule has 1 N–H and O–H groups in total. The van der Waals surface area contributed by atoms with Crippen molar-refractivity contribution in [2.45, 2.75) is 32.9 Å². The average Bonchev–Trinajstić information content (AvgIpc) is 3.01. The molecular formula is C17H19N3S. The first-order valence-electron chi connectivity index (χ1n) is 7.28.